The Kier molecular flexibility index (Phi) is 3.90. The quantitative estimate of drug-likeness (QED) is 0.818. The molecule has 1 aromatic carbocycles. The Morgan fingerprint density at radius 2 is 2.28 bits per heavy atom. The number of hydrogen-bond acceptors (Lipinski definition) is 3. The molecule has 0 atom stereocenters. The van der Waals surface area contributed by atoms with E-state index in [1.807, 2.05) is 0 Å². The molecule has 0 bridgehead atoms. The Labute approximate surface area is 105 Å². The van der Waals surface area contributed by atoms with E-state index in [2.05, 4.69) is 10.6 Å². The van der Waals surface area contributed by atoms with Gasteiger partial charge in [0.25, 0.3) is 0 Å². The predicted molar refractivity (Wildman–Crippen MR) is 64.0 cm³/mol. The summed E-state index contributed by atoms with van der Waals surface area (Å²) in [7, 11) is 0. The van der Waals surface area contributed by atoms with Crippen molar-refractivity contribution < 1.29 is 9.18 Å². The molecular weight excluding hydrogens is 233 g/mol. The number of hydrogen-bond donors (Lipinski definition) is 2. The SMILES string of the molecule is N#Cc1cccc(CNCC(=O)NC2CC2)c1F. The standard InChI is InChI=1S/C13H14FN3O/c14-13-9(6-15)2-1-3-10(13)7-16-8-12(18)17-11-4-5-11/h1-3,11,16H,4-5,7-8H2,(H,17,18). The van der Waals surface area contributed by atoms with E-state index >= 15 is 0 Å². The van der Waals surface area contributed by atoms with E-state index in [1.165, 1.54) is 6.07 Å². The Morgan fingerprint density at radius 1 is 1.50 bits per heavy atom. The molecule has 94 valence electrons. The van der Waals surface area contributed by atoms with Gasteiger partial charge in [0.15, 0.2) is 0 Å². The number of amides is 1. The molecule has 0 spiro atoms. The first-order chi connectivity index (χ1) is 8.70. The molecule has 0 aliphatic heterocycles. The van der Waals surface area contributed by atoms with Crippen LogP contribution in [0.25, 0.3) is 0 Å². The molecular formula is C13H14FN3O. The highest BCUT2D eigenvalue weighted by Crippen LogP contribution is 2.18. The van der Waals surface area contributed by atoms with Crippen molar-refractivity contribution in [1.29, 1.82) is 5.26 Å². The van der Waals surface area contributed by atoms with E-state index in [0.717, 1.165) is 12.8 Å². The summed E-state index contributed by atoms with van der Waals surface area (Å²) in [5.74, 6) is -0.593. The zero-order valence-corrected chi connectivity index (χ0v) is 9.87. The smallest absolute Gasteiger partial charge is 0.234 e. The molecule has 2 N–H and O–H groups in total. The van der Waals surface area contributed by atoms with Gasteiger partial charge in [-0.25, -0.2) is 4.39 Å². The van der Waals surface area contributed by atoms with Crippen LogP contribution in [0.5, 0.6) is 0 Å². The fraction of sp³-hybridized carbons (Fsp3) is 0.385. The molecule has 18 heavy (non-hydrogen) atoms. The van der Waals surface area contributed by atoms with Gasteiger partial charge in [-0.2, -0.15) is 5.26 Å². The van der Waals surface area contributed by atoms with Gasteiger partial charge in [-0.3, -0.25) is 4.79 Å². The van der Waals surface area contributed by atoms with Crippen molar-refractivity contribution in [3.8, 4) is 6.07 Å². The van der Waals surface area contributed by atoms with Crippen molar-refractivity contribution in [3.63, 3.8) is 0 Å². The number of nitrogens with one attached hydrogen (secondary N) is 2. The molecule has 2 rings (SSSR count). The maximum Gasteiger partial charge on any atom is 0.234 e. The second kappa shape index (κ2) is 5.61. The zero-order chi connectivity index (χ0) is 13.0. The van der Waals surface area contributed by atoms with Crippen molar-refractivity contribution in [2.75, 3.05) is 6.54 Å². The fourth-order valence-corrected chi connectivity index (χ4v) is 1.62. The molecule has 1 fully saturated rings. The summed E-state index contributed by atoms with van der Waals surface area (Å²) >= 11 is 0. The van der Waals surface area contributed by atoms with Gasteiger partial charge >= 0.3 is 0 Å². The maximum absolute atomic E-state index is 13.7. The molecule has 1 aliphatic carbocycles. The summed E-state index contributed by atoms with van der Waals surface area (Å²) in [6.07, 6.45) is 2.09. The van der Waals surface area contributed by atoms with E-state index in [9.17, 15) is 9.18 Å². The van der Waals surface area contributed by atoms with Crippen LogP contribution in [0.2, 0.25) is 0 Å². The Balaban J connectivity index is 1.82. The van der Waals surface area contributed by atoms with Gasteiger partial charge in [-0.15, -0.1) is 0 Å². The van der Waals surface area contributed by atoms with Crippen molar-refractivity contribution >= 4 is 5.91 Å². The number of halogens is 1. The summed E-state index contributed by atoms with van der Waals surface area (Å²) in [6, 6.07) is 6.77. The van der Waals surface area contributed by atoms with Crippen LogP contribution in [0, 0.1) is 17.1 Å². The molecule has 1 amide bonds. The monoisotopic (exact) mass is 247 g/mol. The minimum atomic E-state index is -0.518. The van der Waals surface area contributed by atoms with Gasteiger partial charge in [0.2, 0.25) is 5.91 Å². The molecule has 0 unspecified atom stereocenters. The van der Waals surface area contributed by atoms with Gasteiger partial charge < -0.3 is 10.6 Å². The van der Waals surface area contributed by atoms with Gasteiger partial charge in [0.1, 0.15) is 11.9 Å². The highest BCUT2D eigenvalue weighted by atomic mass is 19.1. The largest absolute Gasteiger partial charge is 0.352 e. The first-order valence-corrected chi connectivity index (χ1v) is 5.88. The Morgan fingerprint density at radius 3 is 2.94 bits per heavy atom. The predicted octanol–water partition coefficient (Wildman–Crippen LogP) is 1.07. The van der Waals surface area contributed by atoms with Crippen LogP contribution in [0.4, 0.5) is 4.39 Å². The molecule has 1 aliphatic rings. The van der Waals surface area contributed by atoms with Crippen molar-refractivity contribution in [3.05, 3.63) is 35.1 Å². The third-order valence-corrected chi connectivity index (χ3v) is 2.74. The summed E-state index contributed by atoms with van der Waals surface area (Å²) in [5, 5.41) is 14.4. The number of rotatable bonds is 5. The summed E-state index contributed by atoms with van der Waals surface area (Å²) in [6.45, 7) is 0.395. The minimum Gasteiger partial charge on any atom is -0.352 e. The second-order valence-electron chi connectivity index (χ2n) is 4.34. The van der Waals surface area contributed by atoms with Crippen LogP contribution < -0.4 is 10.6 Å². The van der Waals surface area contributed by atoms with Gasteiger partial charge in [0.05, 0.1) is 12.1 Å². The zero-order valence-electron chi connectivity index (χ0n) is 9.87. The number of benzene rings is 1. The molecule has 0 aromatic heterocycles. The van der Waals surface area contributed by atoms with Crippen LogP contribution in [0.1, 0.15) is 24.0 Å². The van der Waals surface area contributed by atoms with Crippen LogP contribution in [0.3, 0.4) is 0 Å². The number of nitrogens with zero attached hydrogens (tertiary/aromatic N) is 1. The lowest BCUT2D eigenvalue weighted by Crippen LogP contribution is -2.34. The highest BCUT2D eigenvalue weighted by Gasteiger charge is 2.22. The average Bonchev–Trinajstić information content (AvgIpc) is 3.15. The maximum atomic E-state index is 13.7. The third kappa shape index (κ3) is 3.28. The van der Waals surface area contributed by atoms with Crippen LogP contribution in [0.15, 0.2) is 18.2 Å². The van der Waals surface area contributed by atoms with Crippen molar-refractivity contribution in [1.82, 2.24) is 10.6 Å². The van der Waals surface area contributed by atoms with Crippen molar-refractivity contribution in [2.24, 2.45) is 0 Å². The van der Waals surface area contributed by atoms with E-state index < -0.39 is 5.82 Å². The summed E-state index contributed by atoms with van der Waals surface area (Å²) < 4.78 is 13.7. The lowest BCUT2D eigenvalue weighted by atomic mass is 10.1. The first kappa shape index (κ1) is 12.5. The minimum absolute atomic E-state index is 0.0248. The Bertz CT molecular complexity index is 491. The average molecular weight is 247 g/mol. The molecule has 0 heterocycles. The van der Waals surface area contributed by atoms with E-state index in [0.29, 0.717) is 11.6 Å². The highest BCUT2D eigenvalue weighted by molar-refractivity contribution is 5.78. The van der Waals surface area contributed by atoms with E-state index in [1.54, 1.807) is 18.2 Å². The molecule has 0 radical (unpaired) electrons. The molecule has 1 saturated carbocycles. The molecule has 4 nitrogen and oxygen atoms in total. The Hall–Kier alpha value is -1.93. The summed E-state index contributed by atoms with van der Waals surface area (Å²) in [5.41, 5.74) is 0.421. The van der Waals surface area contributed by atoms with Crippen LogP contribution in [-0.2, 0) is 11.3 Å². The number of carbonyl (C=O) groups is 1. The number of carbonyl (C=O) groups excluding carboxylic acids is 1. The van der Waals surface area contributed by atoms with Crippen LogP contribution >= 0.6 is 0 Å². The second-order valence-corrected chi connectivity index (χ2v) is 4.34. The van der Waals surface area contributed by atoms with Gasteiger partial charge in [-0.1, -0.05) is 12.1 Å². The molecule has 0 saturated heterocycles. The van der Waals surface area contributed by atoms with Gasteiger partial charge in [0, 0.05) is 18.2 Å². The molecule has 1 aromatic rings. The van der Waals surface area contributed by atoms with E-state index in [4.69, 9.17) is 5.26 Å². The first-order valence-electron chi connectivity index (χ1n) is 5.88. The van der Waals surface area contributed by atoms with Crippen molar-refractivity contribution in [2.45, 2.75) is 25.4 Å². The lowest BCUT2D eigenvalue weighted by molar-refractivity contribution is -0.120. The van der Waals surface area contributed by atoms with Crippen LogP contribution in [-0.4, -0.2) is 18.5 Å². The topological polar surface area (TPSA) is 64.9 Å². The van der Waals surface area contributed by atoms with E-state index in [-0.39, 0.29) is 24.6 Å². The fourth-order valence-electron chi connectivity index (χ4n) is 1.62. The molecule has 5 heteroatoms. The lowest BCUT2D eigenvalue weighted by Gasteiger charge is -2.07. The number of nitriles is 1. The summed E-state index contributed by atoms with van der Waals surface area (Å²) in [4.78, 5) is 11.4. The normalized spacial score (nSPS) is 14.0. The van der Waals surface area contributed by atoms with Gasteiger partial charge in [-0.05, 0) is 18.9 Å². The third-order valence-electron chi connectivity index (χ3n) is 2.74.